The summed E-state index contributed by atoms with van der Waals surface area (Å²) >= 11 is 3.47. The third kappa shape index (κ3) is 3.27. The molecular formula is C21H21BrF3N2O2+. The number of rotatable bonds is 4. The zero-order chi connectivity index (χ0) is 21.0. The quantitative estimate of drug-likeness (QED) is 0.533. The number of fused-ring (bicyclic) bond motifs is 1. The van der Waals surface area contributed by atoms with Gasteiger partial charge in [-0.2, -0.15) is 13.2 Å². The van der Waals surface area contributed by atoms with Gasteiger partial charge in [-0.1, -0.05) is 15.9 Å². The molecule has 0 saturated carbocycles. The van der Waals surface area contributed by atoms with Crippen LogP contribution in [0.5, 0.6) is 5.75 Å². The van der Waals surface area contributed by atoms with Gasteiger partial charge in [-0.3, -0.25) is 5.32 Å². The van der Waals surface area contributed by atoms with Gasteiger partial charge in [-0.15, -0.1) is 0 Å². The number of ether oxygens (including phenoxy) is 1. The van der Waals surface area contributed by atoms with Gasteiger partial charge in [0.1, 0.15) is 18.8 Å². The molecule has 2 aromatic carbocycles. The van der Waals surface area contributed by atoms with Gasteiger partial charge in [0, 0.05) is 17.8 Å². The van der Waals surface area contributed by atoms with Crippen LogP contribution in [-0.2, 0) is 12.6 Å². The van der Waals surface area contributed by atoms with Gasteiger partial charge in [0.05, 0.1) is 11.1 Å². The predicted octanol–water partition coefficient (Wildman–Crippen LogP) is 4.38. The summed E-state index contributed by atoms with van der Waals surface area (Å²) < 4.78 is 45.8. The van der Waals surface area contributed by atoms with Crippen molar-refractivity contribution in [3.63, 3.8) is 0 Å². The average molecular weight is 470 g/mol. The summed E-state index contributed by atoms with van der Waals surface area (Å²) in [6, 6.07) is 10.3. The van der Waals surface area contributed by atoms with Crippen molar-refractivity contribution in [1.29, 1.82) is 0 Å². The molecule has 154 valence electrons. The number of carbonyl (C=O) groups excluding carboxylic acids is 1. The Bertz CT molecular complexity index is 957. The van der Waals surface area contributed by atoms with Crippen molar-refractivity contribution in [2.24, 2.45) is 0 Å². The Labute approximate surface area is 175 Å². The molecule has 2 atom stereocenters. The Balaban J connectivity index is 1.62. The third-order valence-corrected chi connectivity index (χ3v) is 6.73. The van der Waals surface area contributed by atoms with Crippen molar-refractivity contribution in [3.8, 4) is 5.75 Å². The number of hydrogen-bond donors (Lipinski definition) is 1. The number of likely N-dealkylation sites (N-methyl/N-ethyl adjacent to an activating group) is 1. The molecule has 0 spiro atoms. The molecule has 0 aliphatic carbocycles. The second-order valence-corrected chi connectivity index (χ2v) is 8.67. The van der Waals surface area contributed by atoms with Gasteiger partial charge in [0.15, 0.2) is 11.8 Å². The van der Waals surface area contributed by atoms with Gasteiger partial charge in [0.25, 0.3) is 0 Å². The maximum Gasteiger partial charge on any atom is 0.416 e. The number of halogens is 4. The lowest BCUT2D eigenvalue weighted by Gasteiger charge is -2.40. The van der Waals surface area contributed by atoms with Gasteiger partial charge < -0.3 is 4.74 Å². The van der Waals surface area contributed by atoms with Crippen molar-refractivity contribution in [2.75, 3.05) is 20.1 Å². The van der Waals surface area contributed by atoms with Gasteiger partial charge in [-0.05, 0) is 55.1 Å². The van der Waals surface area contributed by atoms with E-state index in [9.17, 15) is 18.0 Å². The lowest BCUT2D eigenvalue weighted by molar-refractivity contribution is -0.785. The number of quaternary nitrogens is 1. The van der Waals surface area contributed by atoms with Crippen molar-refractivity contribution >= 4 is 21.8 Å². The first-order valence-electron chi connectivity index (χ1n) is 9.34. The van der Waals surface area contributed by atoms with Crippen LogP contribution in [0.15, 0.2) is 46.9 Å². The minimum atomic E-state index is -4.43. The average Bonchev–Trinajstić information content (AvgIpc) is 3.40. The maximum absolute atomic E-state index is 13.4. The molecule has 2 aliphatic heterocycles. The summed E-state index contributed by atoms with van der Waals surface area (Å²) in [7, 11) is 1.79. The first kappa shape index (κ1) is 20.4. The topological polar surface area (TPSA) is 38.3 Å². The van der Waals surface area contributed by atoms with Gasteiger partial charge in [0.2, 0.25) is 0 Å². The summed E-state index contributed by atoms with van der Waals surface area (Å²) in [6.07, 6.45) is -4.06. The molecule has 0 radical (unpaired) electrons. The molecule has 8 heteroatoms. The summed E-state index contributed by atoms with van der Waals surface area (Å²) in [5, 5.41) is 3.29. The molecule has 4 nitrogen and oxygen atoms in total. The van der Waals surface area contributed by atoms with Crippen molar-refractivity contribution in [3.05, 3.63) is 63.6 Å². The van der Waals surface area contributed by atoms with E-state index in [4.69, 9.17) is 4.74 Å². The van der Waals surface area contributed by atoms with E-state index in [1.807, 2.05) is 25.1 Å². The molecule has 0 bridgehead atoms. The third-order valence-electron chi connectivity index (χ3n) is 6.24. The standard InChI is InChI=1S/C21H21BrF3N2O2/c1-20(26-2,18-12-14-11-16(22)7-8-17(14)29-18)27(9-10-27)19(28)13-3-5-15(6-4-13)21(23,24)25/h3-8,11,18,26H,9-10,12H2,1-2H3/q+1. The highest BCUT2D eigenvalue weighted by atomic mass is 79.9. The lowest BCUT2D eigenvalue weighted by Crippen LogP contribution is -2.68. The highest BCUT2D eigenvalue weighted by Crippen LogP contribution is 2.44. The first-order valence-corrected chi connectivity index (χ1v) is 10.1. The van der Waals surface area contributed by atoms with Crippen LogP contribution in [0.3, 0.4) is 0 Å². The van der Waals surface area contributed by atoms with E-state index in [0.29, 0.717) is 19.5 Å². The monoisotopic (exact) mass is 469 g/mol. The Morgan fingerprint density at radius 2 is 1.83 bits per heavy atom. The second kappa shape index (κ2) is 6.82. The molecule has 1 amide bonds. The molecular weight excluding hydrogens is 449 g/mol. The zero-order valence-corrected chi connectivity index (χ0v) is 17.6. The van der Waals surface area contributed by atoms with Gasteiger partial charge in [-0.25, -0.2) is 9.28 Å². The highest BCUT2D eigenvalue weighted by molar-refractivity contribution is 9.10. The van der Waals surface area contributed by atoms with E-state index < -0.39 is 17.4 Å². The predicted molar refractivity (Wildman–Crippen MR) is 105 cm³/mol. The van der Waals surface area contributed by atoms with E-state index >= 15 is 0 Å². The molecule has 1 saturated heterocycles. The number of carbonyl (C=O) groups is 1. The minimum Gasteiger partial charge on any atom is -0.482 e. The summed E-state index contributed by atoms with van der Waals surface area (Å²) in [6.45, 7) is 3.17. The van der Waals surface area contributed by atoms with Crippen molar-refractivity contribution in [2.45, 2.75) is 31.3 Å². The van der Waals surface area contributed by atoms with Crippen LogP contribution in [0.1, 0.15) is 28.4 Å². The van der Waals surface area contributed by atoms with E-state index in [1.165, 1.54) is 12.1 Å². The van der Waals surface area contributed by atoms with Gasteiger partial charge >= 0.3 is 12.1 Å². The summed E-state index contributed by atoms with van der Waals surface area (Å²) in [4.78, 5) is 13.4. The van der Waals surface area contributed by atoms with E-state index in [1.54, 1.807) is 7.05 Å². The molecule has 1 N–H and O–H groups in total. The van der Waals surface area contributed by atoms with E-state index in [0.717, 1.165) is 27.9 Å². The highest BCUT2D eigenvalue weighted by Gasteiger charge is 2.66. The van der Waals surface area contributed by atoms with Crippen LogP contribution in [0, 0.1) is 0 Å². The van der Waals surface area contributed by atoms with Crippen molar-refractivity contribution in [1.82, 2.24) is 5.32 Å². The fourth-order valence-corrected chi connectivity index (χ4v) is 4.62. The first-order chi connectivity index (χ1) is 13.6. The second-order valence-electron chi connectivity index (χ2n) is 7.76. The number of hydrogen-bond acceptors (Lipinski definition) is 3. The lowest BCUT2D eigenvalue weighted by atomic mass is 9.96. The van der Waals surface area contributed by atoms with Crippen LogP contribution < -0.4 is 10.1 Å². The molecule has 1 fully saturated rings. The fourth-order valence-electron chi connectivity index (χ4n) is 4.21. The SMILES string of the molecule is CNC(C)(C1Cc2cc(Br)ccc2O1)[N+]1(C(=O)c2ccc(C(F)(F)F)cc2)CC1. The number of alkyl halides is 3. The van der Waals surface area contributed by atoms with Crippen LogP contribution >= 0.6 is 15.9 Å². The van der Waals surface area contributed by atoms with Crippen molar-refractivity contribution < 1.29 is 27.2 Å². The molecule has 2 unspecified atom stereocenters. The minimum absolute atomic E-state index is 0.106. The largest absolute Gasteiger partial charge is 0.482 e. The molecule has 0 aromatic heterocycles. The number of amides is 1. The maximum atomic E-state index is 13.4. The number of nitrogens with zero attached hydrogens (tertiary/aromatic N) is 1. The van der Waals surface area contributed by atoms with E-state index in [2.05, 4.69) is 21.2 Å². The Kier molecular flexibility index (Phi) is 4.79. The summed E-state index contributed by atoms with van der Waals surface area (Å²) in [5.41, 5.74) is -0.142. The fraction of sp³-hybridized carbons (Fsp3) is 0.381. The molecule has 29 heavy (non-hydrogen) atoms. The molecule has 2 aromatic rings. The Hall–Kier alpha value is -1.90. The van der Waals surface area contributed by atoms with Crippen LogP contribution in [0.25, 0.3) is 0 Å². The summed E-state index contributed by atoms with van der Waals surface area (Å²) in [5.74, 6) is 0.595. The molecule has 2 aliphatic rings. The van der Waals surface area contributed by atoms with Crippen LogP contribution in [-0.4, -0.2) is 42.3 Å². The van der Waals surface area contributed by atoms with E-state index in [-0.39, 0.29) is 22.1 Å². The molecule has 4 rings (SSSR count). The van der Waals surface area contributed by atoms with Crippen LogP contribution in [0.2, 0.25) is 0 Å². The Morgan fingerprint density at radius 1 is 1.17 bits per heavy atom. The molecule has 2 heterocycles. The normalized spacial score (nSPS) is 21.8. The number of benzene rings is 2. The number of nitrogens with one attached hydrogen (secondary N) is 1. The Morgan fingerprint density at radius 3 is 2.38 bits per heavy atom. The zero-order valence-electron chi connectivity index (χ0n) is 16.0. The smallest absolute Gasteiger partial charge is 0.416 e. The van der Waals surface area contributed by atoms with Crippen LogP contribution in [0.4, 0.5) is 13.2 Å².